The Balaban J connectivity index is 1.31. The number of hydrogen-bond acceptors (Lipinski definition) is 2. The molecule has 0 amide bonds. The molecule has 0 radical (unpaired) electrons. The highest BCUT2D eigenvalue weighted by Gasteiger charge is 2.36. The van der Waals surface area contributed by atoms with Crippen LogP contribution in [-0.2, 0) is 5.41 Å². The van der Waals surface area contributed by atoms with E-state index >= 15 is 0 Å². The molecule has 1 aliphatic carbocycles. The van der Waals surface area contributed by atoms with Gasteiger partial charge >= 0.3 is 0 Å². The first-order valence-electron chi connectivity index (χ1n) is 13.9. The van der Waals surface area contributed by atoms with Crippen LogP contribution in [0.2, 0.25) is 0 Å². The lowest BCUT2D eigenvalue weighted by atomic mass is 9.82. The number of para-hydroxylation sites is 2. The van der Waals surface area contributed by atoms with Crippen molar-refractivity contribution in [1.82, 2.24) is 0 Å². The van der Waals surface area contributed by atoms with Crippen LogP contribution in [-0.4, -0.2) is 7.05 Å². The lowest BCUT2D eigenvalue weighted by Crippen LogP contribution is -2.17. The van der Waals surface area contributed by atoms with Crippen LogP contribution in [0, 0.1) is 0 Å². The number of benzene rings is 6. The number of nitrogens with zero attached hydrogens (tertiary/aromatic N) is 2. The fourth-order valence-electron chi connectivity index (χ4n) is 6.30. The van der Waals surface area contributed by atoms with Crippen molar-refractivity contribution < 1.29 is 0 Å². The molecule has 0 aliphatic heterocycles. The smallest absolute Gasteiger partial charge is 0.0487 e. The Kier molecular flexibility index (Phi) is 5.71. The number of rotatable bonds is 5. The van der Waals surface area contributed by atoms with Crippen LogP contribution in [0.15, 0.2) is 140 Å². The Bertz CT molecular complexity index is 1790. The lowest BCUT2D eigenvalue weighted by molar-refractivity contribution is 0.660. The maximum absolute atomic E-state index is 2.39. The summed E-state index contributed by atoms with van der Waals surface area (Å²) in [7, 11) is 2.17. The second-order valence-corrected chi connectivity index (χ2v) is 11.1. The summed E-state index contributed by atoms with van der Waals surface area (Å²) in [6.45, 7) is 4.72. The second-order valence-electron chi connectivity index (χ2n) is 11.1. The molecule has 0 bridgehead atoms. The molecule has 194 valence electrons. The Morgan fingerprint density at radius 1 is 0.475 bits per heavy atom. The van der Waals surface area contributed by atoms with Crippen LogP contribution in [0.4, 0.5) is 28.4 Å². The Morgan fingerprint density at radius 2 is 1.00 bits per heavy atom. The molecule has 0 saturated carbocycles. The molecule has 6 aromatic carbocycles. The molecule has 7 rings (SSSR count). The van der Waals surface area contributed by atoms with Crippen molar-refractivity contribution in [3.05, 3.63) is 151 Å². The van der Waals surface area contributed by atoms with Crippen molar-refractivity contribution in [1.29, 1.82) is 0 Å². The quantitative estimate of drug-likeness (QED) is 0.225. The molecule has 2 heteroatoms. The molecule has 0 heterocycles. The molecular formula is C38H32N2. The van der Waals surface area contributed by atoms with Gasteiger partial charge in [0.05, 0.1) is 0 Å². The van der Waals surface area contributed by atoms with E-state index in [1.165, 1.54) is 50.1 Å². The average molecular weight is 517 g/mol. The topological polar surface area (TPSA) is 6.48 Å². The maximum Gasteiger partial charge on any atom is 0.0487 e. The van der Waals surface area contributed by atoms with E-state index in [0.29, 0.717) is 0 Å². The molecule has 0 spiro atoms. The molecule has 0 N–H and O–H groups in total. The van der Waals surface area contributed by atoms with E-state index in [9.17, 15) is 0 Å². The van der Waals surface area contributed by atoms with Crippen LogP contribution >= 0.6 is 0 Å². The number of fused-ring (bicyclic) bond motifs is 4. The van der Waals surface area contributed by atoms with Crippen LogP contribution in [0.1, 0.15) is 25.0 Å². The number of hydrogen-bond donors (Lipinski definition) is 0. The van der Waals surface area contributed by atoms with Gasteiger partial charge < -0.3 is 9.80 Å². The minimum Gasteiger partial charge on any atom is -0.344 e. The summed E-state index contributed by atoms with van der Waals surface area (Å²) in [6, 6.07) is 50.3. The second kappa shape index (κ2) is 9.43. The fourth-order valence-corrected chi connectivity index (χ4v) is 6.30. The van der Waals surface area contributed by atoms with Gasteiger partial charge in [-0.05, 0) is 82.2 Å². The van der Waals surface area contributed by atoms with E-state index in [2.05, 4.69) is 170 Å². The van der Waals surface area contributed by atoms with Gasteiger partial charge in [0.1, 0.15) is 0 Å². The molecule has 1 aliphatic rings. The third-order valence-electron chi connectivity index (χ3n) is 8.45. The Hall–Kier alpha value is -4.82. The van der Waals surface area contributed by atoms with Crippen molar-refractivity contribution in [2.75, 3.05) is 16.8 Å². The van der Waals surface area contributed by atoms with Gasteiger partial charge in [0, 0.05) is 46.3 Å². The van der Waals surface area contributed by atoms with Gasteiger partial charge in [0.15, 0.2) is 0 Å². The third kappa shape index (κ3) is 3.87. The van der Waals surface area contributed by atoms with E-state index in [1.54, 1.807) is 0 Å². The minimum absolute atomic E-state index is 0.130. The van der Waals surface area contributed by atoms with Crippen molar-refractivity contribution in [2.24, 2.45) is 0 Å². The third-order valence-corrected chi connectivity index (χ3v) is 8.45. The Labute approximate surface area is 236 Å². The van der Waals surface area contributed by atoms with Gasteiger partial charge in [0.2, 0.25) is 0 Å². The lowest BCUT2D eigenvalue weighted by Gasteiger charge is -2.28. The summed E-state index contributed by atoms with van der Waals surface area (Å²) in [5.41, 5.74) is 11.2. The minimum atomic E-state index is -0.130. The molecular weight excluding hydrogens is 484 g/mol. The normalized spacial score (nSPS) is 13.1. The first-order chi connectivity index (χ1) is 19.5. The van der Waals surface area contributed by atoms with Crippen LogP contribution in [0.3, 0.4) is 0 Å². The maximum atomic E-state index is 2.39. The van der Waals surface area contributed by atoms with Gasteiger partial charge in [0.25, 0.3) is 0 Å². The van der Waals surface area contributed by atoms with E-state index < -0.39 is 0 Å². The van der Waals surface area contributed by atoms with E-state index in [1.807, 2.05) is 0 Å². The zero-order valence-corrected chi connectivity index (χ0v) is 23.2. The molecule has 2 nitrogen and oxygen atoms in total. The Morgan fingerprint density at radius 3 is 1.65 bits per heavy atom. The SMILES string of the molecule is CN(c1ccc2c(c1)C(C)(C)c1cc(N(c3ccccc3)c3ccccc3)ccc1-2)c1cccc2ccccc12. The first-order valence-corrected chi connectivity index (χ1v) is 13.9. The fraction of sp³-hybridized carbons (Fsp3) is 0.105. The van der Waals surface area contributed by atoms with Crippen molar-refractivity contribution in [2.45, 2.75) is 19.3 Å². The van der Waals surface area contributed by atoms with Gasteiger partial charge in [-0.15, -0.1) is 0 Å². The van der Waals surface area contributed by atoms with Crippen molar-refractivity contribution in [3.8, 4) is 11.1 Å². The van der Waals surface area contributed by atoms with Crippen LogP contribution in [0.5, 0.6) is 0 Å². The summed E-state index contributed by atoms with van der Waals surface area (Å²) in [4.78, 5) is 4.67. The van der Waals surface area contributed by atoms with Crippen LogP contribution < -0.4 is 9.80 Å². The van der Waals surface area contributed by atoms with Gasteiger partial charge in [-0.25, -0.2) is 0 Å². The largest absolute Gasteiger partial charge is 0.344 e. The molecule has 0 unspecified atom stereocenters. The molecule has 0 saturated heterocycles. The predicted octanol–water partition coefficient (Wildman–Crippen LogP) is 10.4. The average Bonchev–Trinajstić information content (AvgIpc) is 3.23. The van der Waals surface area contributed by atoms with E-state index in [-0.39, 0.29) is 5.41 Å². The highest BCUT2D eigenvalue weighted by atomic mass is 15.1. The van der Waals surface area contributed by atoms with Crippen LogP contribution in [0.25, 0.3) is 21.9 Å². The predicted molar refractivity (Wildman–Crippen MR) is 171 cm³/mol. The van der Waals surface area contributed by atoms with Gasteiger partial charge in [-0.1, -0.05) is 98.8 Å². The highest BCUT2D eigenvalue weighted by Crippen LogP contribution is 2.52. The summed E-state index contributed by atoms with van der Waals surface area (Å²) in [5.74, 6) is 0. The summed E-state index contributed by atoms with van der Waals surface area (Å²) < 4.78 is 0. The summed E-state index contributed by atoms with van der Waals surface area (Å²) in [5, 5.41) is 2.52. The van der Waals surface area contributed by atoms with E-state index in [0.717, 1.165) is 11.4 Å². The van der Waals surface area contributed by atoms with Crippen molar-refractivity contribution in [3.63, 3.8) is 0 Å². The molecule has 6 aromatic rings. The molecule has 0 atom stereocenters. The monoisotopic (exact) mass is 516 g/mol. The highest BCUT2D eigenvalue weighted by molar-refractivity contribution is 5.96. The standard InChI is InChI=1S/C38H32N2/c1-38(2)35-25-30(39(3)37-20-12-14-27-13-10-11-19-32(27)37)21-23-33(35)34-24-22-31(26-36(34)38)40(28-15-6-4-7-16-28)29-17-8-5-9-18-29/h4-26H,1-3H3. The van der Waals surface area contributed by atoms with Crippen molar-refractivity contribution >= 4 is 39.2 Å². The van der Waals surface area contributed by atoms with E-state index in [4.69, 9.17) is 0 Å². The molecule has 0 aromatic heterocycles. The van der Waals surface area contributed by atoms with Gasteiger partial charge in [-0.2, -0.15) is 0 Å². The zero-order chi connectivity index (χ0) is 27.3. The summed E-state index contributed by atoms with van der Waals surface area (Å²) >= 11 is 0. The zero-order valence-electron chi connectivity index (χ0n) is 23.2. The van der Waals surface area contributed by atoms with Gasteiger partial charge in [-0.3, -0.25) is 0 Å². The molecule has 40 heavy (non-hydrogen) atoms. The number of anilines is 5. The first kappa shape index (κ1) is 24.2. The summed E-state index contributed by atoms with van der Waals surface area (Å²) in [6.07, 6.45) is 0. The molecule has 0 fully saturated rings.